The fraction of sp³-hybridized carbons (Fsp3) is 0.214. The van der Waals surface area contributed by atoms with Gasteiger partial charge in [0.2, 0.25) is 0 Å². The molecule has 0 aliphatic heterocycles. The molecule has 0 fully saturated rings. The molecular formula is C28H24N4O3. The number of fused-ring (bicyclic) bond motifs is 2. The molecule has 0 spiro atoms. The maximum absolute atomic E-state index is 12.2. The van der Waals surface area contributed by atoms with Crippen molar-refractivity contribution in [1.82, 2.24) is 19.5 Å². The van der Waals surface area contributed by atoms with Crippen molar-refractivity contribution in [3.8, 4) is 0 Å². The number of pyridine rings is 2. The number of allylic oxidation sites excluding steroid dienone is 5. The number of hydrogen-bond donors (Lipinski definition) is 1. The molecule has 7 nitrogen and oxygen atoms in total. The summed E-state index contributed by atoms with van der Waals surface area (Å²) in [5, 5.41) is 10.5. The van der Waals surface area contributed by atoms with Gasteiger partial charge in [-0.1, -0.05) is 31.2 Å². The lowest BCUT2D eigenvalue weighted by atomic mass is 9.90. The van der Waals surface area contributed by atoms with Crippen molar-refractivity contribution in [3.63, 3.8) is 0 Å². The Labute approximate surface area is 202 Å². The second-order valence-electron chi connectivity index (χ2n) is 8.75. The van der Waals surface area contributed by atoms with Crippen molar-refractivity contribution in [1.29, 1.82) is 0 Å². The minimum Gasteiger partial charge on any atom is -0.478 e. The molecule has 0 amide bonds. The zero-order valence-electron chi connectivity index (χ0n) is 19.7. The molecule has 0 bridgehead atoms. The summed E-state index contributed by atoms with van der Waals surface area (Å²) in [4.78, 5) is 37.9. The third-order valence-electron chi connectivity index (χ3n) is 6.34. The lowest BCUT2D eigenvalue weighted by Crippen LogP contribution is -2.09. The van der Waals surface area contributed by atoms with Crippen LogP contribution in [0.3, 0.4) is 0 Å². The minimum absolute atomic E-state index is 0.149. The molecule has 1 N–H and O–H groups in total. The zero-order valence-corrected chi connectivity index (χ0v) is 19.7. The number of hydrogen-bond acceptors (Lipinski definition) is 5. The van der Waals surface area contributed by atoms with Gasteiger partial charge in [-0.25, -0.2) is 19.6 Å². The van der Waals surface area contributed by atoms with E-state index in [-0.39, 0.29) is 5.56 Å². The van der Waals surface area contributed by atoms with E-state index in [2.05, 4.69) is 11.5 Å². The van der Waals surface area contributed by atoms with Crippen LogP contribution in [0.1, 0.15) is 51.5 Å². The molecule has 0 saturated carbocycles. The highest BCUT2D eigenvalue weighted by Crippen LogP contribution is 2.31. The van der Waals surface area contributed by atoms with Crippen molar-refractivity contribution < 1.29 is 14.7 Å². The number of carboxylic acids is 1. The van der Waals surface area contributed by atoms with Crippen LogP contribution >= 0.6 is 0 Å². The van der Waals surface area contributed by atoms with Crippen LogP contribution in [0.15, 0.2) is 60.2 Å². The van der Waals surface area contributed by atoms with E-state index in [1.54, 1.807) is 18.2 Å². The molecule has 35 heavy (non-hydrogen) atoms. The fourth-order valence-corrected chi connectivity index (χ4v) is 4.69. The Hall–Kier alpha value is -4.35. The molecule has 4 aromatic rings. The first-order valence-corrected chi connectivity index (χ1v) is 11.5. The van der Waals surface area contributed by atoms with Crippen molar-refractivity contribution >= 4 is 34.0 Å². The number of carboxylic acid groups (broad SMARTS) is 1. The molecule has 7 heteroatoms. The van der Waals surface area contributed by atoms with Gasteiger partial charge < -0.3 is 9.67 Å². The van der Waals surface area contributed by atoms with Crippen LogP contribution in [0.25, 0.3) is 22.1 Å². The number of aryl methyl sites for hydroxylation is 3. The summed E-state index contributed by atoms with van der Waals surface area (Å²) in [6, 6.07) is 9.24. The summed E-state index contributed by atoms with van der Waals surface area (Å²) in [6.45, 7) is 6.58. The second-order valence-corrected chi connectivity index (χ2v) is 8.75. The maximum Gasteiger partial charge on any atom is 0.336 e. The lowest BCUT2D eigenvalue weighted by molar-refractivity contribution is 0.0699. The Morgan fingerprint density at radius 2 is 1.94 bits per heavy atom. The minimum atomic E-state index is -1.04. The van der Waals surface area contributed by atoms with E-state index in [9.17, 15) is 14.7 Å². The van der Waals surface area contributed by atoms with Crippen molar-refractivity contribution in [2.45, 2.75) is 39.7 Å². The standard InChI is InChI=1S/C28H24N4O3/c1-4-25-31-26-16(2)11-17(3)29-27(26)32(25)14-18-9-10-23-21(12-18)22(28(34)35)13-24(30-23)20-8-6-5-7-19(20)15-33/h5-13,20H,4,14H2,1-3H3,(H,34,35). The molecular weight excluding hydrogens is 440 g/mol. The van der Waals surface area contributed by atoms with Gasteiger partial charge in [-0.15, -0.1) is 0 Å². The molecule has 1 aromatic carbocycles. The first kappa shape index (κ1) is 22.4. The van der Waals surface area contributed by atoms with Crippen LogP contribution in [0, 0.1) is 13.8 Å². The molecule has 1 aliphatic rings. The molecule has 3 aromatic heterocycles. The number of benzene rings is 1. The third-order valence-corrected chi connectivity index (χ3v) is 6.34. The van der Waals surface area contributed by atoms with Crippen LogP contribution in [-0.2, 0) is 17.8 Å². The van der Waals surface area contributed by atoms with E-state index in [0.29, 0.717) is 28.7 Å². The number of carbonyl (C=O) groups excluding carboxylic acids is 1. The van der Waals surface area contributed by atoms with E-state index in [0.717, 1.165) is 40.2 Å². The van der Waals surface area contributed by atoms with E-state index < -0.39 is 11.9 Å². The number of carbonyl (C=O) groups is 1. The number of nitrogens with zero attached hydrogens (tertiary/aromatic N) is 4. The predicted octanol–water partition coefficient (Wildman–Crippen LogP) is 4.87. The highest BCUT2D eigenvalue weighted by Gasteiger charge is 2.21. The first-order chi connectivity index (χ1) is 16.9. The van der Waals surface area contributed by atoms with Crippen molar-refractivity contribution in [3.05, 3.63) is 94.1 Å². The first-order valence-electron chi connectivity index (χ1n) is 11.5. The van der Waals surface area contributed by atoms with E-state index in [1.165, 1.54) is 0 Å². The smallest absolute Gasteiger partial charge is 0.336 e. The molecule has 174 valence electrons. The molecule has 1 unspecified atom stereocenters. The van der Waals surface area contributed by atoms with Gasteiger partial charge in [-0.3, -0.25) is 4.98 Å². The fourth-order valence-electron chi connectivity index (χ4n) is 4.69. The largest absolute Gasteiger partial charge is 0.478 e. The van der Waals surface area contributed by atoms with Gasteiger partial charge in [0.25, 0.3) is 0 Å². The topological polar surface area (TPSA) is 98.0 Å². The van der Waals surface area contributed by atoms with Crippen LogP contribution < -0.4 is 0 Å². The van der Waals surface area contributed by atoms with Gasteiger partial charge >= 0.3 is 5.97 Å². The zero-order chi connectivity index (χ0) is 24.7. The van der Waals surface area contributed by atoms with E-state index in [4.69, 9.17) is 15.0 Å². The van der Waals surface area contributed by atoms with Gasteiger partial charge in [0.15, 0.2) is 5.65 Å². The van der Waals surface area contributed by atoms with Crippen molar-refractivity contribution in [2.75, 3.05) is 0 Å². The summed E-state index contributed by atoms with van der Waals surface area (Å²) in [6.07, 6.45) is 7.82. The van der Waals surface area contributed by atoms with Crippen LogP contribution in [0.2, 0.25) is 0 Å². The van der Waals surface area contributed by atoms with Gasteiger partial charge in [0.1, 0.15) is 17.3 Å². The third kappa shape index (κ3) is 3.96. The highest BCUT2D eigenvalue weighted by molar-refractivity contribution is 6.03. The maximum atomic E-state index is 12.2. The predicted molar refractivity (Wildman–Crippen MR) is 134 cm³/mol. The van der Waals surface area contributed by atoms with Gasteiger partial charge in [-0.05, 0) is 55.3 Å². The van der Waals surface area contributed by atoms with Gasteiger partial charge in [-0.2, -0.15) is 0 Å². The summed E-state index contributed by atoms with van der Waals surface area (Å²) in [5.41, 5.74) is 6.30. The number of rotatable bonds is 5. The average Bonchev–Trinajstić information content (AvgIpc) is 3.20. The van der Waals surface area contributed by atoms with Gasteiger partial charge in [0.05, 0.1) is 29.2 Å². The van der Waals surface area contributed by atoms with Gasteiger partial charge in [0, 0.05) is 23.1 Å². The van der Waals surface area contributed by atoms with Crippen LogP contribution in [0.5, 0.6) is 0 Å². The highest BCUT2D eigenvalue weighted by atomic mass is 16.4. The molecule has 5 rings (SSSR count). The SMILES string of the molecule is CCc1nc2c(C)cc(C)nc2n1Cc1ccc2nc(C3C=CC=CC3=C=O)cc(C(=O)O)c2c1. The Morgan fingerprint density at radius 3 is 2.69 bits per heavy atom. The quantitative estimate of drug-likeness (QED) is 0.423. The molecule has 1 atom stereocenters. The number of aromatic nitrogens is 4. The Balaban J connectivity index is 1.62. The normalized spacial score (nSPS) is 15.2. The van der Waals surface area contributed by atoms with Crippen LogP contribution in [0.4, 0.5) is 0 Å². The second kappa shape index (κ2) is 8.78. The van der Waals surface area contributed by atoms with E-state index >= 15 is 0 Å². The molecule has 3 heterocycles. The lowest BCUT2D eigenvalue weighted by Gasteiger charge is -2.16. The van der Waals surface area contributed by atoms with Crippen molar-refractivity contribution in [2.24, 2.45) is 0 Å². The molecule has 0 radical (unpaired) electrons. The summed E-state index contributed by atoms with van der Waals surface area (Å²) >= 11 is 0. The Morgan fingerprint density at radius 1 is 1.11 bits per heavy atom. The summed E-state index contributed by atoms with van der Waals surface area (Å²) in [7, 11) is 0. The van der Waals surface area contributed by atoms with E-state index in [1.807, 2.05) is 56.2 Å². The Bertz CT molecular complexity index is 1620. The average molecular weight is 465 g/mol. The molecule has 0 saturated heterocycles. The summed E-state index contributed by atoms with van der Waals surface area (Å²) < 4.78 is 2.10. The molecule has 1 aliphatic carbocycles. The monoisotopic (exact) mass is 464 g/mol. The number of imidazole rings is 1. The summed E-state index contributed by atoms with van der Waals surface area (Å²) in [5.74, 6) is 1.40. The van der Waals surface area contributed by atoms with Crippen LogP contribution in [-0.4, -0.2) is 36.5 Å². The number of aromatic carboxylic acids is 1. The Kier molecular flexibility index (Phi) is 5.63.